The molecule has 1 rings (SSSR count). The first-order chi connectivity index (χ1) is 10.0. The molecule has 0 spiro atoms. The van der Waals surface area contributed by atoms with E-state index >= 15 is 0 Å². The van der Waals surface area contributed by atoms with Gasteiger partial charge in [0.2, 0.25) is 5.91 Å². The van der Waals surface area contributed by atoms with E-state index in [1.54, 1.807) is 4.90 Å². The summed E-state index contributed by atoms with van der Waals surface area (Å²) in [5.74, 6) is 0.587. The molecular weight excluding hydrogens is 286 g/mol. The van der Waals surface area contributed by atoms with Gasteiger partial charge >= 0.3 is 5.97 Å². The predicted molar refractivity (Wildman–Crippen MR) is 87.7 cm³/mol. The lowest BCUT2D eigenvalue weighted by Crippen LogP contribution is -2.33. The minimum absolute atomic E-state index is 0.0638. The summed E-state index contributed by atoms with van der Waals surface area (Å²) >= 11 is 1.47. The van der Waals surface area contributed by atoms with Crippen molar-refractivity contribution in [3.63, 3.8) is 0 Å². The van der Waals surface area contributed by atoms with Crippen molar-refractivity contribution in [3.8, 4) is 0 Å². The highest BCUT2D eigenvalue weighted by Gasteiger charge is 2.18. The number of anilines is 1. The first-order valence-corrected chi connectivity index (χ1v) is 8.18. The van der Waals surface area contributed by atoms with Crippen LogP contribution in [0.5, 0.6) is 0 Å². The average Bonchev–Trinajstić information content (AvgIpc) is 2.48. The third-order valence-electron chi connectivity index (χ3n) is 3.22. The van der Waals surface area contributed by atoms with Crippen molar-refractivity contribution in [2.24, 2.45) is 5.92 Å². The Hall–Kier alpha value is -1.49. The lowest BCUT2D eigenvalue weighted by Gasteiger charge is -2.23. The van der Waals surface area contributed by atoms with Gasteiger partial charge in [-0.1, -0.05) is 25.1 Å². The number of esters is 1. The molecule has 5 heteroatoms. The van der Waals surface area contributed by atoms with E-state index in [1.165, 1.54) is 18.9 Å². The molecule has 0 aliphatic rings. The van der Waals surface area contributed by atoms with Crippen molar-refractivity contribution in [2.75, 3.05) is 30.1 Å². The topological polar surface area (TPSA) is 46.6 Å². The van der Waals surface area contributed by atoms with Crippen molar-refractivity contribution in [1.82, 2.24) is 0 Å². The maximum absolute atomic E-state index is 12.3. The molecule has 21 heavy (non-hydrogen) atoms. The van der Waals surface area contributed by atoms with Gasteiger partial charge in [-0.2, -0.15) is 11.8 Å². The molecule has 0 aliphatic carbocycles. The van der Waals surface area contributed by atoms with Crippen LogP contribution >= 0.6 is 11.8 Å². The zero-order valence-electron chi connectivity index (χ0n) is 13.1. The van der Waals surface area contributed by atoms with Gasteiger partial charge in [-0.3, -0.25) is 9.59 Å². The molecule has 1 atom stereocenters. The van der Waals surface area contributed by atoms with E-state index in [9.17, 15) is 9.59 Å². The second kappa shape index (κ2) is 8.72. The summed E-state index contributed by atoms with van der Waals surface area (Å²) in [7, 11) is 1.38. The number of thioether (sulfide) groups is 1. The molecule has 0 N–H and O–H groups in total. The molecule has 1 aromatic carbocycles. The molecular formula is C16H23NO3S. The number of hydrogen-bond donors (Lipinski definition) is 0. The van der Waals surface area contributed by atoms with Gasteiger partial charge in [0, 0.05) is 18.0 Å². The molecule has 0 heterocycles. The molecule has 0 bridgehead atoms. The Kier molecular flexibility index (Phi) is 7.29. The van der Waals surface area contributed by atoms with Crippen LogP contribution in [0.2, 0.25) is 0 Å². The minimum atomic E-state index is -0.235. The molecule has 1 unspecified atom stereocenters. The highest BCUT2D eigenvalue weighted by atomic mass is 32.2. The van der Waals surface area contributed by atoms with E-state index < -0.39 is 0 Å². The van der Waals surface area contributed by atoms with Crippen LogP contribution in [0, 0.1) is 12.8 Å². The van der Waals surface area contributed by atoms with E-state index in [1.807, 2.05) is 45.0 Å². The summed E-state index contributed by atoms with van der Waals surface area (Å²) in [6.45, 7) is 6.41. The molecule has 116 valence electrons. The quantitative estimate of drug-likeness (QED) is 0.727. The second-order valence-corrected chi connectivity index (χ2v) is 5.89. The van der Waals surface area contributed by atoms with Crippen LogP contribution in [0.4, 0.5) is 5.69 Å². The summed E-state index contributed by atoms with van der Waals surface area (Å²) < 4.78 is 4.68. The van der Waals surface area contributed by atoms with Gasteiger partial charge < -0.3 is 9.64 Å². The van der Waals surface area contributed by atoms with Gasteiger partial charge in [0.25, 0.3) is 0 Å². The van der Waals surface area contributed by atoms with E-state index in [0.717, 1.165) is 11.3 Å². The highest BCUT2D eigenvalue weighted by Crippen LogP contribution is 2.20. The lowest BCUT2D eigenvalue weighted by atomic mass is 10.2. The van der Waals surface area contributed by atoms with Crippen LogP contribution in [-0.4, -0.2) is 37.0 Å². The standard InChI is InChI=1S/C16H23NO3S/c1-5-17(14-9-7-6-8-12(14)2)15(18)11-21-10-13(3)16(19)20-4/h6-9,13H,5,10-11H2,1-4H3. The maximum atomic E-state index is 12.3. The Labute approximate surface area is 130 Å². The van der Waals surface area contributed by atoms with E-state index in [0.29, 0.717) is 18.1 Å². The molecule has 0 radical (unpaired) electrons. The lowest BCUT2D eigenvalue weighted by molar-refractivity contribution is -0.144. The molecule has 0 saturated heterocycles. The fourth-order valence-corrected chi connectivity index (χ4v) is 2.96. The molecule has 0 aromatic heterocycles. The zero-order valence-corrected chi connectivity index (χ0v) is 13.9. The summed E-state index contributed by atoms with van der Waals surface area (Å²) in [5, 5.41) is 0. The highest BCUT2D eigenvalue weighted by molar-refractivity contribution is 8.00. The Morgan fingerprint density at radius 1 is 1.33 bits per heavy atom. The number of carbonyl (C=O) groups excluding carboxylic acids is 2. The number of carbonyl (C=O) groups is 2. The smallest absolute Gasteiger partial charge is 0.309 e. The van der Waals surface area contributed by atoms with Crippen molar-refractivity contribution in [2.45, 2.75) is 20.8 Å². The summed E-state index contributed by atoms with van der Waals surface area (Å²) in [4.78, 5) is 25.4. The maximum Gasteiger partial charge on any atom is 0.309 e. The molecule has 0 aliphatic heterocycles. The number of aryl methyl sites for hydroxylation is 1. The molecule has 1 aromatic rings. The summed E-state index contributed by atoms with van der Waals surface area (Å²) in [5.41, 5.74) is 2.03. The zero-order chi connectivity index (χ0) is 15.8. The largest absolute Gasteiger partial charge is 0.469 e. The molecule has 0 saturated carbocycles. The first kappa shape index (κ1) is 17.6. The Balaban J connectivity index is 2.57. The van der Waals surface area contributed by atoms with Crippen molar-refractivity contribution in [3.05, 3.63) is 29.8 Å². The number of ether oxygens (including phenoxy) is 1. The van der Waals surface area contributed by atoms with Gasteiger partial charge in [0.1, 0.15) is 0 Å². The van der Waals surface area contributed by atoms with Crippen LogP contribution in [-0.2, 0) is 14.3 Å². The van der Waals surface area contributed by atoms with Crippen molar-refractivity contribution in [1.29, 1.82) is 0 Å². The predicted octanol–water partition coefficient (Wildman–Crippen LogP) is 2.89. The number of para-hydroxylation sites is 1. The fourth-order valence-electron chi connectivity index (χ4n) is 2.02. The van der Waals surface area contributed by atoms with Crippen molar-refractivity contribution < 1.29 is 14.3 Å². The Morgan fingerprint density at radius 2 is 2.00 bits per heavy atom. The number of benzene rings is 1. The minimum Gasteiger partial charge on any atom is -0.469 e. The third kappa shape index (κ3) is 5.08. The SMILES string of the molecule is CCN(C(=O)CSCC(C)C(=O)OC)c1ccccc1C. The van der Waals surface area contributed by atoms with Crippen LogP contribution in [0.15, 0.2) is 24.3 Å². The van der Waals surface area contributed by atoms with E-state index in [2.05, 4.69) is 4.74 Å². The van der Waals surface area contributed by atoms with Crippen LogP contribution in [0.25, 0.3) is 0 Å². The average molecular weight is 309 g/mol. The van der Waals surface area contributed by atoms with Crippen LogP contribution < -0.4 is 4.90 Å². The Morgan fingerprint density at radius 3 is 2.57 bits per heavy atom. The number of nitrogens with zero attached hydrogens (tertiary/aromatic N) is 1. The second-order valence-electron chi connectivity index (χ2n) is 4.86. The number of methoxy groups -OCH3 is 1. The first-order valence-electron chi connectivity index (χ1n) is 7.02. The van der Waals surface area contributed by atoms with Gasteiger partial charge in [-0.15, -0.1) is 0 Å². The van der Waals surface area contributed by atoms with E-state index in [4.69, 9.17) is 0 Å². The van der Waals surface area contributed by atoms with Crippen molar-refractivity contribution >= 4 is 29.3 Å². The molecule has 4 nitrogen and oxygen atoms in total. The van der Waals surface area contributed by atoms with Gasteiger partial charge in [0.15, 0.2) is 0 Å². The number of amides is 1. The number of hydrogen-bond acceptors (Lipinski definition) is 4. The number of rotatable bonds is 7. The monoisotopic (exact) mass is 309 g/mol. The normalized spacial score (nSPS) is 11.8. The summed E-state index contributed by atoms with van der Waals surface area (Å²) in [6, 6.07) is 7.85. The van der Waals surface area contributed by atoms with Crippen LogP contribution in [0.1, 0.15) is 19.4 Å². The molecule has 1 amide bonds. The van der Waals surface area contributed by atoms with Gasteiger partial charge in [0.05, 0.1) is 18.8 Å². The van der Waals surface area contributed by atoms with E-state index in [-0.39, 0.29) is 17.8 Å². The van der Waals surface area contributed by atoms with Gasteiger partial charge in [-0.05, 0) is 25.5 Å². The molecule has 0 fully saturated rings. The Bertz CT molecular complexity index is 490. The third-order valence-corrected chi connectivity index (χ3v) is 4.41. The summed E-state index contributed by atoms with van der Waals surface area (Å²) in [6.07, 6.45) is 0. The fraction of sp³-hybridized carbons (Fsp3) is 0.500. The van der Waals surface area contributed by atoms with Crippen LogP contribution in [0.3, 0.4) is 0 Å². The van der Waals surface area contributed by atoms with Gasteiger partial charge in [-0.25, -0.2) is 0 Å².